The van der Waals surface area contributed by atoms with Crippen LogP contribution < -0.4 is 0 Å². The maximum atomic E-state index is 11.9. The normalized spacial score (nSPS) is 21.0. The van der Waals surface area contributed by atoms with Crippen LogP contribution in [0.25, 0.3) is 0 Å². The molecule has 1 aromatic rings. The molecule has 2 heterocycles. The number of carbonyl (C=O) groups is 2. The van der Waals surface area contributed by atoms with Crippen LogP contribution >= 0.6 is 11.3 Å². The van der Waals surface area contributed by atoms with Gasteiger partial charge in [0.25, 0.3) is 0 Å². The summed E-state index contributed by atoms with van der Waals surface area (Å²) in [4.78, 5) is 29.2. The predicted molar refractivity (Wildman–Crippen MR) is 87.6 cm³/mol. The number of carboxylic acids is 1. The quantitative estimate of drug-likeness (QED) is 0.807. The fourth-order valence-corrected chi connectivity index (χ4v) is 3.60. The third kappa shape index (κ3) is 4.79. The van der Waals surface area contributed by atoms with E-state index in [1.54, 1.807) is 11.3 Å². The first-order valence-corrected chi connectivity index (χ1v) is 8.57. The molecule has 2 atom stereocenters. The number of carboxylic acid groups (broad SMARTS) is 1. The van der Waals surface area contributed by atoms with E-state index >= 15 is 0 Å². The van der Waals surface area contributed by atoms with Gasteiger partial charge in [-0.25, -0.2) is 14.6 Å². The van der Waals surface area contributed by atoms with Crippen molar-refractivity contribution >= 4 is 23.4 Å². The number of rotatable bonds is 6. The van der Waals surface area contributed by atoms with E-state index in [0.717, 1.165) is 30.0 Å². The second-order valence-electron chi connectivity index (χ2n) is 5.72. The highest BCUT2D eigenvalue weighted by atomic mass is 32.1. The van der Waals surface area contributed by atoms with Gasteiger partial charge in [0, 0.05) is 17.6 Å². The molecule has 0 saturated carbocycles. The molecule has 6 nitrogen and oxygen atoms in total. The summed E-state index contributed by atoms with van der Waals surface area (Å²) in [7, 11) is 0. The molecule has 126 valence electrons. The average molecular weight is 338 g/mol. The van der Waals surface area contributed by atoms with Crippen molar-refractivity contribution < 1.29 is 19.4 Å². The number of piperidine rings is 1. The highest BCUT2D eigenvalue weighted by Crippen LogP contribution is 2.28. The number of ether oxygens (including phenoxy) is 1. The summed E-state index contributed by atoms with van der Waals surface area (Å²) in [5, 5.41) is 12.5. The predicted octanol–water partition coefficient (Wildman–Crippen LogP) is 2.87. The summed E-state index contributed by atoms with van der Waals surface area (Å²) >= 11 is 1.64. The molecule has 0 bridgehead atoms. The molecule has 1 fully saturated rings. The zero-order valence-electron chi connectivity index (χ0n) is 13.2. The molecule has 0 aliphatic carbocycles. The Morgan fingerprint density at radius 3 is 3.00 bits per heavy atom. The molecule has 2 rings (SSSR count). The first kappa shape index (κ1) is 17.5. The van der Waals surface area contributed by atoms with E-state index in [0.29, 0.717) is 13.0 Å². The number of aryl methyl sites for hydroxylation is 2. The molecular formula is C16H22N2O4S. The van der Waals surface area contributed by atoms with Gasteiger partial charge in [-0.15, -0.1) is 11.3 Å². The lowest BCUT2D eigenvalue weighted by Crippen LogP contribution is -2.50. The first-order chi connectivity index (χ1) is 11.0. The molecule has 0 radical (unpaired) electrons. The zero-order valence-corrected chi connectivity index (χ0v) is 14.1. The number of thiazole rings is 1. The van der Waals surface area contributed by atoms with Crippen LogP contribution in [0.15, 0.2) is 18.0 Å². The van der Waals surface area contributed by atoms with Gasteiger partial charge < -0.3 is 9.84 Å². The smallest absolute Gasteiger partial charge is 0.410 e. The minimum absolute atomic E-state index is 0.0918. The third-order valence-electron chi connectivity index (χ3n) is 3.99. The van der Waals surface area contributed by atoms with Gasteiger partial charge in [0.2, 0.25) is 0 Å². The van der Waals surface area contributed by atoms with E-state index in [1.807, 2.05) is 12.3 Å². The molecule has 1 aromatic heterocycles. The van der Waals surface area contributed by atoms with Crippen molar-refractivity contribution in [1.29, 1.82) is 0 Å². The molecule has 1 aliphatic rings. The van der Waals surface area contributed by atoms with Crippen LogP contribution in [0, 0.1) is 12.8 Å². The van der Waals surface area contributed by atoms with Crippen LogP contribution in [0.1, 0.15) is 30.0 Å². The molecule has 23 heavy (non-hydrogen) atoms. The van der Waals surface area contributed by atoms with Gasteiger partial charge in [0.1, 0.15) is 12.6 Å². The fraction of sp³-hybridized carbons (Fsp3) is 0.562. The Labute approximate surface area is 139 Å². The molecule has 1 saturated heterocycles. The van der Waals surface area contributed by atoms with Crippen LogP contribution in [-0.4, -0.2) is 46.2 Å². The van der Waals surface area contributed by atoms with E-state index in [1.165, 1.54) is 11.0 Å². The Kier molecular flexibility index (Phi) is 6.15. The molecule has 1 N–H and O–H groups in total. The number of hydrogen-bond donors (Lipinski definition) is 1. The van der Waals surface area contributed by atoms with Crippen molar-refractivity contribution in [1.82, 2.24) is 9.88 Å². The highest BCUT2D eigenvalue weighted by Gasteiger charge is 2.36. The fourth-order valence-electron chi connectivity index (χ4n) is 2.81. The van der Waals surface area contributed by atoms with Gasteiger partial charge in [-0.05, 0) is 38.5 Å². The van der Waals surface area contributed by atoms with Crippen molar-refractivity contribution in [2.24, 2.45) is 5.92 Å². The van der Waals surface area contributed by atoms with E-state index < -0.39 is 18.1 Å². The minimum Gasteiger partial charge on any atom is -0.480 e. The number of hydrogen-bond acceptors (Lipinski definition) is 5. The molecule has 0 aromatic carbocycles. The Balaban J connectivity index is 1.91. The van der Waals surface area contributed by atoms with E-state index in [2.05, 4.69) is 11.6 Å². The van der Waals surface area contributed by atoms with Crippen LogP contribution in [0.3, 0.4) is 0 Å². The number of carbonyl (C=O) groups excluding carboxylic acids is 1. The summed E-state index contributed by atoms with van der Waals surface area (Å²) in [5.74, 6) is -0.695. The van der Waals surface area contributed by atoms with E-state index in [9.17, 15) is 14.7 Å². The van der Waals surface area contributed by atoms with Crippen LogP contribution in [0.2, 0.25) is 0 Å². The van der Waals surface area contributed by atoms with E-state index in [-0.39, 0.29) is 12.5 Å². The summed E-state index contributed by atoms with van der Waals surface area (Å²) < 4.78 is 4.98. The molecule has 1 aliphatic heterocycles. The standard InChI is InChI=1S/C16H22N2O4S/c1-3-8-22-16(21)18-7-6-12(9-13(18)15(19)20)4-5-14-17-11(2)10-23-14/h3,10,12-13H,1,4-9H2,2H3,(H,19,20). The number of likely N-dealkylation sites (tertiary alicyclic amines) is 1. The zero-order chi connectivity index (χ0) is 16.8. The van der Waals surface area contributed by atoms with Crippen molar-refractivity contribution in [3.63, 3.8) is 0 Å². The number of aliphatic carboxylic acids is 1. The lowest BCUT2D eigenvalue weighted by atomic mass is 9.87. The van der Waals surface area contributed by atoms with Crippen LogP contribution in [-0.2, 0) is 16.0 Å². The second kappa shape index (κ2) is 8.10. The highest BCUT2D eigenvalue weighted by molar-refractivity contribution is 7.09. The van der Waals surface area contributed by atoms with E-state index in [4.69, 9.17) is 4.74 Å². The lowest BCUT2D eigenvalue weighted by Gasteiger charge is -2.36. The van der Waals surface area contributed by atoms with Crippen molar-refractivity contribution in [2.45, 2.75) is 38.6 Å². The van der Waals surface area contributed by atoms with Crippen molar-refractivity contribution in [3.05, 3.63) is 28.7 Å². The van der Waals surface area contributed by atoms with Gasteiger partial charge in [-0.1, -0.05) is 12.7 Å². The third-order valence-corrected chi connectivity index (χ3v) is 5.01. The van der Waals surface area contributed by atoms with Crippen molar-refractivity contribution in [2.75, 3.05) is 13.2 Å². The lowest BCUT2D eigenvalue weighted by molar-refractivity contribution is -0.144. The maximum Gasteiger partial charge on any atom is 0.410 e. The Morgan fingerprint density at radius 1 is 1.61 bits per heavy atom. The largest absolute Gasteiger partial charge is 0.480 e. The topological polar surface area (TPSA) is 79.7 Å². The van der Waals surface area contributed by atoms with Gasteiger partial charge in [-0.2, -0.15) is 0 Å². The van der Waals surface area contributed by atoms with Crippen molar-refractivity contribution in [3.8, 4) is 0 Å². The average Bonchev–Trinajstić information content (AvgIpc) is 2.95. The molecule has 0 spiro atoms. The van der Waals surface area contributed by atoms with Crippen LogP contribution in [0.4, 0.5) is 4.79 Å². The Hall–Kier alpha value is -1.89. The maximum absolute atomic E-state index is 11.9. The summed E-state index contributed by atoms with van der Waals surface area (Å²) in [6.45, 7) is 5.95. The van der Waals surface area contributed by atoms with Gasteiger partial charge in [-0.3, -0.25) is 4.90 Å². The number of nitrogens with zero attached hydrogens (tertiary/aromatic N) is 2. The summed E-state index contributed by atoms with van der Waals surface area (Å²) in [5.41, 5.74) is 1.02. The second-order valence-corrected chi connectivity index (χ2v) is 6.67. The first-order valence-electron chi connectivity index (χ1n) is 7.69. The Bertz CT molecular complexity index is 572. The molecular weight excluding hydrogens is 316 g/mol. The molecule has 7 heteroatoms. The minimum atomic E-state index is -0.977. The van der Waals surface area contributed by atoms with Gasteiger partial charge in [0.05, 0.1) is 5.01 Å². The van der Waals surface area contributed by atoms with Gasteiger partial charge in [0.15, 0.2) is 0 Å². The van der Waals surface area contributed by atoms with Gasteiger partial charge >= 0.3 is 12.1 Å². The monoisotopic (exact) mass is 338 g/mol. The van der Waals surface area contributed by atoms with Crippen LogP contribution in [0.5, 0.6) is 0 Å². The molecule has 2 unspecified atom stereocenters. The summed E-state index contributed by atoms with van der Waals surface area (Å²) in [6, 6.07) is -0.816. The SMILES string of the molecule is C=CCOC(=O)N1CCC(CCc2nc(C)cs2)CC1C(=O)O. The summed E-state index contributed by atoms with van der Waals surface area (Å²) in [6.07, 6.45) is 3.89. The number of aromatic nitrogens is 1. The Morgan fingerprint density at radius 2 is 2.39 bits per heavy atom. The number of amides is 1. The molecule has 1 amide bonds.